The topological polar surface area (TPSA) is 129 Å². The summed E-state index contributed by atoms with van der Waals surface area (Å²) in [5.74, 6) is 0.704. The van der Waals surface area contributed by atoms with Crippen molar-refractivity contribution in [3.8, 4) is 5.75 Å². The van der Waals surface area contributed by atoms with Crippen LogP contribution in [0.5, 0.6) is 5.75 Å². The van der Waals surface area contributed by atoms with Gasteiger partial charge < -0.3 is 14.4 Å². The summed E-state index contributed by atoms with van der Waals surface area (Å²) in [6, 6.07) is 16.3. The van der Waals surface area contributed by atoms with Crippen LogP contribution in [0, 0.1) is 6.92 Å². The number of amidine groups is 1. The molecule has 0 saturated carbocycles. The number of ether oxygens (including phenoxy) is 2. The van der Waals surface area contributed by atoms with E-state index in [9.17, 15) is 21.6 Å². The van der Waals surface area contributed by atoms with E-state index < -0.39 is 31.9 Å². The van der Waals surface area contributed by atoms with Gasteiger partial charge in [-0.3, -0.25) is 14.8 Å². The minimum absolute atomic E-state index is 0. The van der Waals surface area contributed by atoms with E-state index >= 15 is 0 Å². The van der Waals surface area contributed by atoms with Crippen LogP contribution < -0.4 is 4.74 Å². The number of carbonyl (C=O) groups excluding carboxylic acids is 1. The van der Waals surface area contributed by atoms with Crippen LogP contribution in [-0.4, -0.2) is 125 Å². The van der Waals surface area contributed by atoms with Crippen molar-refractivity contribution in [2.24, 2.45) is 4.99 Å². The van der Waals surface area contributed by atoms with Crippen molar-refractivity contribution in [2.45, 2.75) is 30.8 Å². The van der Waals surface area contributed by atoms with Crippen LogP contribution in [0.3, 0.4) is 0 Å². The quantitative estimate of drug-likeness (QED) is 0.263. The number of urea groups is 1. The predicted octanol–water partition coefficient (Wildman–Crippen LogP) is 5.47. The lowest BCUT2D eigenvalue weighted by molar-refractivity contribution is 0.0730. The molecule has 6 rings (SSSR count). The van der Waals surface area contributed by atoms with E-state index in [4.69, 9.17) is 37.7 Å². The van der Waals surface area contributed by atoms with E-state index in [1.54, 1.807) is 53.1 Å². The Kier molecular flexibility index (Phi) is 13.4. The van der Waals surface area contributed by atoms with Gasteiger partial charge in [-0.25, -0.2) is 21.6 Å². The van der Waals surface area contributed by atoms with Crippen molar-refractivity contribution in [2.75, 3.05) is 77.6 Å². The lowest BCUT2D eigenvalue weighted by Crippen LogP contribution is -2.54. The molecule has 0 aromatic heterocycles. The summed E-state index contributed by atoms with van der Waals surface area (Å²) < 4.78 is 64.9. The molecule has 0 aliphatic carbocycles. The Balaban J connectivity index is 0.00000541. The van der Waals surface area contributed by atoms with Crippen LogP contribution in [0.2, 0.25) is 10.0 Å². The first kappa shape index (κ1) is 41.2. The van der Waals surface area contributed by atoms with Gasteiger partial charge in [0.15, 0.2) is 0 Å². The molecule has 0 bridgehead atoms. The molecular formula is C36H44Cl3N5O7S2. The molecule has 3 aliphatic rings. The Morgan fingerprint density at radius 1 is 0.887 bits per heavy atom. The van der Waals surface area contributed by atoms with E-state index in [-0.39, 0.29) is 48.0 Å². The fourth-order valence-corrected chi connectivity index (χ4v) is 9.26. The summed E-state index contributed by atoms with van der Waals surface area (Å²) in [6.07, 6.45) is 1.22. The average Bonchev–Trinajstić information content (AvgIpc) is 3.52. The second kappa shape index (κ2) is 17.2. The molecule has 0 spiro atoms. The number of hydrogen-bond acceptors (Lipinski definition) is 9. The number of halogens is 3. The first-order chi connectivity index (χ1) is 24.8. The van der Waals surface area contributed by atoms with Crippen molar-refractivity contribution in [3.63, 3.8) is 0 Å². The maximum absolute atomic E-state index is 15.0. The average molecular weight is 829 g/mol. The van der Waals surface area contributed by atoms with Gasteiger partial charge in [-0.1, -0.05) is 47.5 Å². The third kappa shape index (κ3) is 9.30. The number of morpholine rings is 1. The maximum atomic E-state index is 15.0. The largest absolute Gasteiger partial charge is 0.493 e. The molecular weight excluding hydrogens is 785 g/mol. The lowest BCUT2D eigenvalue weighted by Gasteiger charge is -2.39. The number of aryl methyl sites for hydroxylation is 1. The summed E-state index contributed by atoms with van der Waals surface area (Å²) >= 11 is 12.6. The maximum Gasteiger partial charge on any atom is 0.326 e. The molecule has 3 aromatic rings. The number of carbonyl (C=O) groups is 1. The minimum Gasteiger partial charge on any atom is -0.493 e. The first-order valence-corrected chi connectivity index (χ1v) is 21.4. The van der Waals surface area contributed by atoms with Crippen molar-refractivity contribution >= 4 is 67.3 Å². The van der Waals surface area contributed by atoms with Gasteiger partial charge in [0, 0.05) is 62.1 Å². The van der Waals surface area contributed by atoms with Crippen LogP contribution in [0.25, 0.3) is 0 Å². The Hall–Kier alpha value is -2.95. The Morgan fingerprint density at radius 3 is 2.04 bits per heavy atom. The molecule has 12 nitrogen and oxygen atoms in total. The third-order valence-corrected chi connectivity index (χ3v) is 13.0. The van der Waals surface area contributed by atoms with Crippen LogP contribution in [0.15, 0.2) is 70.6 Å². The van der Waals surface area contributed by atoms with E-state index in [0.29, 0.717) is 79.5 Å². The van der Waals surface area contributed by atoms with E-state index in [2.05, 4.69) is 0 Å². The molecule has 2 fully saturated rings. The number of benzene rings is 3. The monoisotopic (exact) mass is 827 g/mol. The van der Waals surface area contributed by atoms with Crippen LogP contribution >= 0.6 is 35.6 Å². The molecule has 3 aromatic carbocycles. The molecule has 2 atom stereocenters. The summed E-state index contributed by atoms with van der Waals surface area (Å²) in [4.78, 5) is 25.7. The van der Waals surface area contributed by atoms with Crippen LogP contribution in [0.1, 0.15) is 41.3 Å². The second-order valence-electron chi connectivity index (χ2n) is 13.1. The molecule has 53 heavy (non-hydrogen) atoms. The lowest BCUT2D eigenvalue weighted by atomic mass is 9.93. The van der Waals surface area contributed by atoms with Crippen molar-refractivity contribution < 1.29 is 31.1 Å². The number of piperazine rings is 1. The zero-order valence-electron chi connectivity index (χ0n) is 29.8. The molecule has 0 unspecified atom stereocenters. The number of sulfonamides is 1. The highest BCUT2D eigenvalue weighted by Gasteiger charge is 2.45. The van der Waals surface area contributed by atoms with E-state index in [1.807, 2.05) is 36.1 Å². The third-order valence-electron chi connectivity index (χ3n) is 9.52. The van der Waals surface area contributed by atoms with Gasteiger partial charge in [-0.05, 0) is 66.9 Å². The number of aliphatic imine (C=N–C) groups is 1. The van der Waals surface area contributed by atoms with Gasteiger partial charge in [0.1, 0.15) is 27.5 Å². The van der Waals surface area contributed by atoms with Crippen molar-refractivity contribution in [1.29, 1.82) is 0 Å². The SMILES string of the molecule is CCOc1cc(C)c(S(=O)(=O)N2CCOCC2)cc1C1=N[C@@H](c2ccc(Cl)cc2)[C@@H](c2ccc(Cl)cc2)N1C(=O)N1CCN(CCS(C)(=O)=O)CC1.Cl. The van der Waals surface area contributed by atoms with Gasteiger partial charge in [0.05, 0.1) is 42.1 Å². The Morgan fingerprint density at radius 2 is 1.47 bits per heavy atom. The number of hydrogen-bond donors (Lipinski definition) is 0. The summed E-state index contributed by atoms with van der Waals surface area (Å²) in [5, 5.41) is 1.08. The molecule has 288 valence electrons. The van der Waals surface area contributed by atoms with Gasteiger partial charge in [0.2, 0.25) is 10.0 Å². The van der Waals surface area contributed by atoms with Crippen LogP contribution in [-0.2, 0) is 24.6 Å². The Labute approximate surface area is 328 Å². The fraction of sp³-hybridized carbons (Fsp3) is 0.444. The minimum atomic E-state index is -3.95. The fourth-order valence-electron chi connectivity index (χ4n) is 6.78. The molecule has 3 aliphatic heterocycles. The highest BCUT2D eigenvalue weighted by Crippen LogP contribution is 2.46. The molecule has 0 N–H and O–H groups in total. The second-order valence-corrected chi connectivity index (χ2v) is 18.2. The standard InChI is InChI=1S/C36H43Cl2N5O7S2.ClH/c1-4-50-31-23-25(2)32(52(47,48)42-17-20-49-21-18-42)24-30(31)35-39-33(26-5-9-28(37)10-6-26)34(27-7-11-29(38)12-8-27)43(35)36(44)41-15-13-40(14-16-41)19-22-51(3,45)46;/h5-12,23-24,33-34H,4,13-22H2,1-3H3;1H/t33-,34+;/m0./s1. The summed E-state index contributed by atoms with van der Waals surface area (Å²) in [6.45, 7) is 6.98. The van der Waals surface area contributed by atoms with Gasteiger partial charge in [0.25, 0.3) is 0 Å². The smallest absolute Gasteiger partial charge is 0.326 e. The summed E-state index contributed by atoms with van der Waals surface area (Å²) in [5.41, 5.74) is 2.45. The molecule has 17 heteroatoms. The molecule has 2 saturated heterocycles. The number of amides is 2. The number of nitrogens with zero attached hydrogens (tertiary/aromatic N) is 5. The van der Waals surface area contributed by atoms with Gasteiger partial charge >= 0.3 is 6.03 Å². The van der Waals surface area contributed by atoms with E-state index in [1.165, 1.54) is 10.6 Å². The highest BCUT2D eigenvalue weighted by atomic mass is 35.5. The first-order valence-electron chi connectivity index (χ1n) is 17.2. The number of rotatable bonds is 10. The van der Waals surface area contributed by atoms with Gasteiger partial charge in [-0.15, -0.1) is 12.4 Å². The van der Waals surface area contributed by atoms with Gasteiger partial charge in [-0.2, -0.15) is 4.31 Å². The van der Waals surface area contributed by atoms with E-state index in [0.717, 1.165) is 11.1 Å². The highest BCUT2D eigenvalue weighted by molar-refractivity contribution is 7.90. The zero-order valence-corrected chi connectivity index (χ0v) is 33.7. The summed E-state index contributed by atoms with van der Waals surface area (Å²) in [7, 11) is -7.09. The normalized spacial score (nSPS) is 20.2. The van der Waals surface area contributed by atoms with Crippen molar-refractivity contribution in [3.05, 3.63) is 93.0 Å². The Bertz CT molecular complexity index is 2020. The van der Waals surface area contributed by atoms with Crippen LogP contribution in [0.4, 0.5) is 4.79 Å². The molecule has 0 radical (unpaired) electrons. The zero-order chi connectivity index (χ0) is 37.2. The predicted molar refractivity (Wildman–Crippen MR) is 209 cm³/mol. The molecule has 3 heterocycles. The van der Waals surface area contributed by atoms with Crippen molar-refractivity contribution in [1.82, 2.24) is 19.0 Å². The molecule has 2 amide bonds. The number of sulfone groups is 1.